The van der Waals surface area contributed by atoms with Crippen molar-refractivity contribution in [3.8, 4) is 17.6 Å². The molecule has 1 rings (SSSR count). The Bertz CT molecular complexity index is 436. The van der Waals surface area contributed by atoms with Gasteiger partial charge in [-0.1, -0.05) is 6.07 Å². The second-order valence-electron chi connectivity index (χ2n) is 3.05. The van der Waals surface area contributed by atoms with Crippen molar-refractivity contribution in [2.24, 2.45) is 0 Å². The fraction of sp³-hybridized carbons (Fsp3) is 0.273. The summed E-state index contributed by atoms with van der Waals surface area (Å²) in [6.07, 6.45) is -1.04. The van der Waals surface area contributed by atoms with Gasteiger partial charge < -0.3 is 14.6 Å². The lowest BCUT2D eigenvalue weighted by Crippen LogP contribution is -2.23. The van der Waals surface area contributed by atoms with Crippen molar-refractivity contribution in [2.75, 3.05) is 7.11 Å². The second-order valence-corrected chi connectivity index (χ2v) is 3.05. The van der Waals surface area contributed by atoms with Gasteiger partial charge in [0.2, 0.25) is 0 Å². The Morgan fingerprint density at radius 3 is 2.75 bits per heavy atom. The number of carbonyl (C=O) groups is 1. The molecule has 5 nitrogen and oxygen atoms in total. The summed E-state index contributed by atoms with van der Waals surface area (Å²) in [5.41, 5.74) is 0.243. The highest BCUT2D eigenvalue weighted by atomic mass is 16.5. The Morgan fingerprint density at radius 1 is 1.56 bits per heavy atom. The average Bonchev–Trinajstić information content (AvgIpc) is 2.29. The lowest BCUT2D eigenvalue weighted by atomic mass is 10.2. The third kappa shape index (κ3) is 2.42. The fourth-order valence-corrected chi connectivity index (χ4v) is 1.11. The lowest BCUT2D eigenvalue weighted by molar-refractivity contribution is -0.144. The number of ether oxygens (including phenoxy) is 2. The summed E-state index contributed by atoms with van der Waals surface area (Å²) in [7, 11) is 1.43. The molecule has 16 heavy (non-hydrogen) atoms. The number of rotatable bonds is 4. The molecule has 5 heteroatoms. The highest BCUT2D eigenvalue weighted by Gasteiger charge is 2.18. The van der Waals surface area contributed by atoms with Crippen molar-refractivity contribution in [3.05, 3.63) is 23.8 Å². The van der Waals surface area contributed by atoms with Gasteiger partial charge in [-0.05, 0) is 19.1 Å². The normalized spacial score (nSPS) is 11.3. The molecule has 0 aromatic heterocycles. The molecule has 0 amide bonds. The monoisotopic (exact) mass is 221 g/mol. The third-order valence-electron chi connectivity index (χ3n) is 1.96. The van der Waals surface area contributed by atoms with Gasteiger partial charge in [0.15, 0.2) is 17.6 Å². The molecule has 1 aromatic rings. The van der Waals surface area contributed by atoms with E-state index in [-0.39, 0.29) is 11.3 Å². The maximum Gasteiger partial charge on any atom is 0.344 e. The van der Waals surface area contributed by atoms with Gasteiger partial charge in [0.1, 0.15) is 6.07 Å². The van der Waals surface area contributed by atoms with Crippen LogP contribution >= 0.6 is 0 Å². The van der Waals surface area contributed by atoms with Crippen LogP contribution < -0.4 is 9.47 Å². The smallest absolute Gasteiger partial charge is 0.344 e. The average molecular weight is 221 g/mol. The number of carboxylic acids is 1. The number of hydrogen-bond donors (Lipinski definition) is 1. The molecule has 0 aliphatic heterocycles. The van der Waals surface area contributed by atoms with E-state index in [0.717, 1.165) is 0 Å². The van der Waals surface area contributed by atoms with Gasteiger partial charge in [-0.15, -0.1) is 0 Å². The molecule has 0 saturated carbocycles. The minimum atomic E-state index is -1.10. The van der Waals surface area contributed by atoms with E-state index in [4.69, 9.17) is 19.8 Å². The Labute approximate surface area is 92.8 Å². The summed E-state index contributed by atoms with van der Waals surface area (Å²) in [6, 6.07) is 6.69. The highest BCUT2D eigenvalue weighted by molar-refractivity contribution is 5.72. The van der Waals surface area contributed by atoms with Crippen LogP contribution in [0.1, 0.15) is 12.5 Å². The topological polar surface area (TPSA) is 79.5 Å². The van der Waals surface area contributed by atoms with Gasteiger partial charge in [0, 0.05) is 0 Å². The molecule has 0 saturated heterocycles. The highest BCUT2D eigenvalue weighted by Crippen LogP contribution is 2.31. The number of methoxy groups -OCH3 is 1. The molecule has 0 aliphatic carbocycles. The first-order valence-electron chi connectivity index (χ1n) is 4.56. The number of nitriles is 1. The van der Waals surface area contributed by atoms with Gasteiger partial charge in [0.05, 0.1) is 12.7 Å². The lowest BCUT2D eigenvalue weighted by Gasteiger charge is -2.14. The van der Waals surface area contributed by atoms with Crippen LogP contribution in [0.25, 0.3) is 0 Å². The number of para-hydroxylation sites is 1. The van der Waals surface area contributed by atoms with E-state index >= 15 is 0 Å². The standard InChI is InChI=1S/C11H11NO4/c1-7(11(13)14)16-10-8(6-12)4-3-5-9(10)15-2/h3-5,7H,1-2H3,(H,13,14). The van der Waals surface area contributed by atoms with Gasteiger partial charge in [-0.2, -0.15) is 5.26 Å². The molecule has 1 unspecified atom stereocenters. The maximum absolute atomic E-state index is 10.7. The van der Waals surface area contributed by atoms with Crippen LogP contribution in [0, 0.1) is 11.3 Å². The maximum atomic E-state index is 10.7. The minimum absolute atomic E-state index is 0.155. The Kier molecular flexibility index (Phi) is 3.72. The Hall–Kier alpha value is -2.22. The molecule has 0 spiro atoms. The second kappa shape index (κ2) is 5.03. The molecule has 0 bridgehead atoms. The third-order valence-corrected chi connectivity index (χ3v) is 1.96. The van der Waals surface area contributed by atoms with Crippen LogP contribution in [0.4, 0.5) is 0 Å². The zero-order valence-electron chi connectivity index (χ0n) is 8.93. The number of aliphatic carboxylic acids is 1. The SMILES string of the molecule is COc1cccc(C#N)c1OC(C)C(=O)O. The number of carboxylic acid groups (broad SMARTS) is 1. The van der Waals surface area contributed by atoms with Crippen molar-refractivity contribution >= 4 is 5.97 Å². The van der Waals surface area contributed by atoms with E-state index in [1.165, 1.54) is 20.1 Å². The summed E-state index contributed by atoms with van der Waals surface area (Å²) >= 11 is 0. The Morgan fingerprint density at radius 2 is 2.25 bits per heavy atom. The zero-order chi connectivity index (χ0) is 12.1. The first-order chi connectivity index (χ1) is 7.60. The van der Waals surface area contributed by atoms with Crippen LogP contribution in [0.15, 0.2) is 18.2 Å². The van der Waals surface area contributed by atoms with Gasteiger partial charge >= 0.3 is 5.97 Å². The molecule has 1 aromatic carbocycles. The van der Waals surface area contributed by atoms with Crippen LogP contribution in [0.3, 0.4) is 0 Å². The summed E-state index contributed by atoms with van der Waals surface area (Å²) in [4.78, 5) is 10.7. The molecule has 0 aliphatic rings. The number of benzene rings is 1. The number of hydrogen-bond acceptors (Lipinski definition) is 4. The minimum Gasteiger partial charge on any atom is -0.493 e. The van der Waals surface area contributed by atoms with Crippen molar-refractivity contribution in [1.29, 1.82) is 5.26 Å². The van der Waals surface area contributed by atoms with Gasteiger partial charge in [-0.3, -0.25) is 0 Å². The fourth-order valence-electron chi connectivity index (χ4n) is 1.11. The van der Waals surface area contributed by atoms with Gasteiger partial charge in [0.25, 0.3) is 0 Å². The van der Waals surface area contributed by atoms with E-state index < -0.39 is 12.1 Å². The van der Waals surface area contributed by atoms with Gasteiger partial charge in [-0.25, -0.2) is 4.79 Å². The van der Waals surface area contributed by atoms with Crippen LogP contribution in [-0.2, 0) is 4.79 Å². The first-order valence-corrected chi connectivity index (χ1v) is 4.56. The number of nitrogens with zero attached hydrogens (tertiary/aromatic N) is 1. The summed E-state index contributed by atoms with van der Waals surface area (Å²) in [5.74, 6) is -0.607. The van der Waals surface area contributed by atoms with Crippen LogP contribution in [0.5, 0.6) is 11.5 Å². The van der Waals surface area contributed by atoms with Crippen molar-refractivity contribution in [2.45, 2.75) is 13.0 Å². The van der Waals surface area contributed by atoms with Crippen molar-refractivity contribution in [1.82, 2.24) is 0 Å². The molecular weight excluding hydrogens is 210 g/mol. The van der Waals surface area contributed by atoms with E-state index in [9.17, 15) is 4.79 Å². The summed E-state index contributed by atoms with van der Waals surface area (Å²) < 4.78 is 10.2. The molecule has 0 fully saturated rings. The van der Waals surface area contributed by atoms with E-state index in [1.54, 1.807) is 12.1 Å². The van der Waals surface area contributed by atoms with E-state index in [1.807, 2.05) is 6.07 Å². The predicted molar refractivity (Wildman–Crippen MR) is 55.4 cm³/mol. The quantitative estimate of drug-likeness (QED) is 0.831. The van der Waals surface area contributed by atoms with E-state index in [0.29, 0.717) is 5.75 Å². The Balaban J connectivity index is 3.10. The first kappa shape index (κ1) is 11.9. The predicted octanol–water partition coefficient (Wildman–Crippen LogP) is 1.42. The zero-order valence-corrected chi connectivity index (χ0v) is 8.93. The summed E-state index contributed by atoms with van der Waals surface area (Å²) in [5, 5.41) is 17.6. The summed E-state index contributed by atoms with van der Waals surface area (Å²) in [6.45, 7) is 1.38. The molecule has 1 N–H and O–H groups in total. The molecule has 0 heterocycles. The largest absolute Gasteiger partial charge is 0.493 e. The van der Waals surface area contributed by atoms with E-state index in [2.05, 4.69) is 0 Å². The molecule has 84 valence electrons. The molecule has 0 radical (unpaired) electrons. The van der Waals surface area contributed by atoms with Crippen molar-refractivity contribution in [3.63, 3.8) is 0 Å². The van der Waals surface area contributed by atoms with Crippen LogP contribution in [-0.4, -0.2) is 24.3 Å². The molecular formula is C11H11NO4. The van der Waals surface area contributed by atoms with Crippen molar-refractivity contribution < 1.29 is 19.4 Å². The van der Waals surface area contributed by atoms with Crippen LogP contribution in [0.2, 0.25) is 0 Å². The molecule has 1 atom stereocenters.